The van der Waals surface area contributed by atoms with Crippen molar-refractivity contribution >= 4 is 17.5 Å². The molecule has 1 aromatic heterocycles. The molecule has 0 aliphatic carbocycles. The van der Waals surface area contributed by atoms with Gasteiger partial charge in [0.15, 0.2) is 0 Å². The van der Waals surface area contributed by atoms with Gasteiger partial charge in [0.05, 0.1) is 18.7 Å². The maximum absolute atomic E-state index is 12.2. The number of benzene rings is 1. The number of amides is 1. The molecule has 0 fully saturated rings. The number of aryl methyl sites for hydroxylation is 2. The highest BCUT2D eigenvalue weighted by atomic mass is 35.5. The van der Waals surface area contributed by atoms with Crippen molar-refractivity contribution in [1.82, 2.24) is 10.1 Å². The van der Waals surface area contributed by atoms with Gasteiger partial charge in [0, 0.05) is 17.6 Å². The van der Waals surface area contributed by atoms with Crippen LogP contribution in [0.3, 0.4) is 0 Å². The summed E-state index contributed by atoms with van der Waals surface area (Å²) in [6.07, 6.45) is 0.287. The number of nitrogens with zero attached hydrogens (tertiary/aromatic N) is 2. The van der Waals surface area contributed by atoms with E-state index in [-0.39, 0.29) is 12.3 Å². The quantitative estimate of drug-likeness (QED) is 0.820. The maximum atomic E-state index is 12.2. The fraction of sp³-hybridized carbons (Fsp3) is 0.375. The van der Waals surface area contributed by atoms with Gasteiger partial charge in [0.25, 0.3) is 0 Å². The molecule has 0 aliphatic heterocycles. The van der Waals surface area contributed by atoms with Gasteiger partial charge in [0.1, 0.15) is 18.1 Å². The van der Waals surface area contributed by atoms with Gasteiger partial charge in [-0.3, -0.25) is 4.79 Å². The van der Waals surface area contributed by atoms with Crippen molar-refractivity contribution in [2.45, 2.75) is 20.3 Å². The summed E-state index contributed by atoms with van der Waals surface area (Å²) in [5.74, 6) is 1.39. The van der Waals surface area contributed by atoms with E-state index in [0.29, 0.717) is 29.7 Å². The predicted molar refractivity (Wildman–Crippen MR) is 84.3 cm³/mol. The highest BCUT2D eigenvalue weighted by Gasteiger charge is 2.16. The highest BCUT2D eigenvalue weighted by Crippen LogP contribution is 2.17. The summed E-state index contributed by atoms with van der Waals surface area (Å²) in [5.41, 5.74) is 1.61. The summed E-state index contributed by atoms with van der Waals surface area (Å²) < 4.78 is 10.6. The zero-order valence-corrected chi connectivity index (χ0v) is 13.7. The van der Waals surface area contributed by atoms with E-state index in [2.05, 4.69) is 5.16 Å². The molecule has 0 N–H and O–H groups in total. The van der Waals surface area contributed by atoms with E-state index in [0.717, 1.165) is 11.3 Å². The van der Waals surface area contributed by atoms with E-state index in [1.165, 1.54) is 0 Å². The molecule has 22 heavy (non-hydrogen) atoms. The van der Waals surface area contributed by atoms with Crippen LogP contribution in [0.5, 0.6) is 5.75 Å². The Balaban J connectivity index is 1.82. The number of likely N-dealkylation sites (N-methyl/N-ethyl adjacent to an activating group) is 1. The summed E-state index contributed by atoms with van der Waals surface area (Å²) in [6, 6.07) is 7.18. The molecule has 118 valence electrons. The minimum atomic E-state index is 0.00379. The van der Waals surface area contributed by atoms with Crippen molar-refractivity contribution in [3.05, 3.63) is 46.3 Å². The van der Waals surface area contributed by atoms with Crippen molar-refractivity contribution in [3.63, 3.8) is 0 Å². The van der Waals surface area contributed by atoms with E-state index in [9.17, 15) is 4.79 Å². The largest absolute Gasteiger partial charge is 0.492 e. The lowest BCUT2D eigenvalue weighted by atomic mass is 10.1. The second-order valence-corrected chi connectivity index (χ2v) is 5.54. The Morgan fingerprint density at radius 1 is 1.41 bits per heavy atom. The smallest absolute Gasteiger partial charge is 0.227 e. The summed E-state index contributed by atoms with van der Waals surface area (Å²) >= 11 is 5.89. The lowest BCUT2D eigenvalue weighted by Gasteiger charge is -2.17. The average Bonchev–Trinajstić information content (AvgIpc) is 2.79. The van der Waals surface area contributed by atoms with Crippen molar-refractivity contribution in [2.75, 3.05) is 20.2 Å². The van der Waals surface area contributed by atoms with E-state index < -0.39 is 0 Å². The van der Waals surface area contributed by atoms with E-state index in [4.69, 9.17) is 20.9 Å². The van der Waals surface area contributed by atoms with Crippen molar-refractivity contribution in [1.29, 1.82) is 0 Å². The topological polar surface area (TPSA) is 55.6 Å². The number of aromatic nitrogens is 1. The van der Waals surface area contributed by atoms with Crippen LogP contribution in [0.2, 0.25) is 5.02 Å². The first kappa shape index (κ1) is 16.4. The van der Waals surface area contributed by atoms with Gasteiger partial charge in [-0.1, -0.05) is 22.8 Å². The molecule has 0 saturated carbocycles. The summed E-state index contributed by atoms with van der Waals surface area (Å²) in [4.78, 5) is 13.8. The Labute approximate surface area is 134 Å². The summed E-state index contributed by atoms with van der Waals surface area (Å²) in [7, 11) is 1.75. The Hall–Kier alpha value is -2.01. The van der Waals surface area contributed by atoms with Gasteiger partial charge >= 0.3 is 0 Å². The number of hydrogen-bond acceptors (Lipinski definition) is 4. The first-order chi connectivity index (χ1) is 10.5. The van der Waals surface area contributed by atoms with Crippen molar-refractivity contribution in [3.8, 4) is 5.75 Å². The second kappa shape index (κ2) is 7.31. The third-order valence-corrected chi connectivity index (χ3v) is 3.66. The number of hydrogen-bond donors (Lipinski definition) is 0. The highest BCUT2D eigenvalue weighted by molar-refractivity contribution is 6.30. The molecule has 0 aliphatic rings. The number of rotatable bonds is 6. The van der Waals surface area contributed by atoms with Gasteiger partial charge in [0.2, 0.25) is 5.91 Å². The number of ether oxygens (including phenoxy) is 1. The molecule has 0 atom stereocenters. The molecule has 5 nitrogen and oxygen atoms in total. The van der Waals surface area contributed by atoms with Crippen LogP contribution in [0.25, 0.3) is 0 Å². The molecule has 0 spiro atoms. The fourth-order valence-electron chi connectivity index (χ4n) is 2.02. The van der Waals surface area contributed by atoms with Crippen LogP contribution in [0.1, 0.15) is 17.0 Å². The molecule has 0 bridgehead atoms. The Morgan fingerprint density at radius 3 is 2.82 bits per heavy atom. The predicted octanol–water partition coefficient (Wildman–Crippen LogP) is 3.02. The molecule has 6 heteroatoms. The molecular weight excluding hydrogens is 304 g/mol. The Morgan fingerprint density at radius 2 is 2.18 bits per heavy atom. The van der Waals surface area contributed by atoms with Crippen LogP contribution in [-0.4, -0.2) is 36.2 Å². The lowest BCUT2D eigenvalue weighted by Crippen LogP contribution is -2.32. The first-order valence-corrected chi connectivity index (χ1v) is 7.39. The van der Waals surface area contributed by atoms with E-state index in [1.807, 2.05) is 26.0 Å². The molecule has 1 aromatic carbocycles. The van der Waals surface area contributed by atoms with E-state index in [1.54, 1.807) is 24.1 Å². The Bertz CT molecular complexity index is 635. The van der Waals surface area contributed by atoms with Crippen LogP contribution in [0, 0.1) is 13.8 Å². The normalized spacial score (nSPS) is 10.5. The molecule has 2 aromatic rings. The number of carbonyl (C=O) groups excluding carboxylic acids is 1. The third kappa shape index (κ3) is 4.24. The van der Waals surface area contributed by atoms with Crippen LogP contribution >= 0.6 is 11.6 Å². The van der Waals surface area contributed by atoms with Crippen molar-refractivity contribution in [2.24, 2.45) is 0 Å². The fourth-order valence-corrected chi connectivity index (χ4v) is 2.20. The zero-order valence-electron chi connectivity index (χ0n) is 12.9. The lowest BCUT2D eigenvalue weighted by molar-refractivity contribution is -0.129. The monoisotopic (exact) mass is 322 g/mol. The number of halogens is 1. The number of carbonyl (C=O) groups is 1. The van der Waals surface area contributed by atoms with Gasteiger partial charge in [-0.15, -0.1) is 0 Å². The van der Waals surface area contributed by atoms with Crippen LogP contribution < -0.4 is 4.74 Å². The van der Waals surface area contributed by atoms with Crippen LogP contribution in [0.15, 0.2) is 28.8 Å². The summed E-state index contributed by atoms with van der Waals surface area (Å²) in [6.45, 7) is 4.55. The summed E-state index contributed by atoms with van der Waals surface area (Å²) in [5, 5.41) is 4.48. The van der Waals surface area contributed by atoms with Crippen LogP contribution in [0.4, 0.5) is 0 Å². The molecule has 1 amide bonds. The second-order valence-electron chi connectivity index (χ2n) is 5.10. The van der Waals surface area contributed by atoms with Crippen molar-refractivity contribution < 1.29 is 14.1 Å². The molecule has 1 heterocycles. The van der Waals surface area contributed by atoms with Gasteiger partial charge < -0.3 is 14.2 Å². The van der Waals surface area contributed by atoms with Gasteiger partial charge in [-0.05, 0) is 32.0 Å². The average molecular weight is 323 g/mol. The first-order valence-electron chi connectivity index (χ1n) is 7.01. The van der Waals surface area contributed by atoms with Gasteiger partial charge in [-0.2, -0.15) is 0 Å². The maximum Gasteiger partial charge on any atom is 0.227 e. The molecule has 0 radical (unpaired) electrons. The SMILES string of the molecule is Cc1noc(C)c1CC(=O)N(C)CCOc1cccc(Cl)c1. The van der Waals surface area contributed by atoms with E-state index >= 15 is 0 Å². The minimum Gasteiger partial charge on any atom is -0.492 e. The molecule has 2 rings (SSSR count). The zero-order chi connectivity index (χ0) is 16.1. The van der Waals surface area contributed by atoms with Gasteiger partial charge in [-0.25, -0.2) is 0 Å². The third-order valence-electron chi connectivity index (χ3n) is 3.43. The van der Waals surface area contributed by atoms with Crippen LogP contribution in [-0.2, 0) is 11.2 Å². The molecule has 0 saturated heterocycles. The molecule has 0 unspecified atom stereocenters. The standard InChI is InChI=1S/C16H19ClN2O3/c1-11-15(12(2)22-18-11)10-16(20)19(3)7-8-21-14-6-4-5-13(17)9-14/h4-6,9H,7-8,10H2,1-3H3. The molecular formula is C16H19ClN2O3. The Kier molecular flexibility index (Phi) is 5.44. The minimum absolute atomic E-state index is 0.00379.